The van der Waals surface area contributed by atoms with Crippen LogP contribution in [-0.4, -0.2) is 30.0 Å². The number of alkyl halides is 3. The number of halogens is 3. The Labute approximate surface area is 156 Å². The summed E-state index contributed by atoms with van der Waals surface area (Å²) in [5.74, 6) is 0.821. The van der Waals surface area contributed by atoms with E-state index in [2.05, 4.69) is 15.2 Å². The maximum atomic E-state index is 12.6. The minimum atomic E-state index is -4.34. The number of carbonyl (C=O) groups excluding carboxylic acids is 1. The van der Waals surface area contributed by atoms with E-state index in [1.165, 1.54) is 12.1 Å². The standard InChI is InChI=1S/C20H22F3N3O/c21-20(22,23)16-9-6-15(7-10-16)8-11-19(27)25-14-17-4-3-13-26(17)18-5-1-2-12-24-18/h1-2,5-7,9-10,12,17H,3-4,8,11,13-14H2,(H,25,27). The van der Waals surface area contributed by atoms with Gasteiger partial charge >= 0.3 is 6.18 Å². The molecule has 1 aliphatic rings. The molecule has 0 radical (unpaired) electrons. The van der Waals surface area contributed by atoms with Crippen molar-refractivity contribution in [2.45, 2.75) is 37.9 Å². The summed E-state index contributed by atoms with van der Waals surface area (Å²) in [5.41, 5.74) is 0.0423. The lowest BCUT2D eigenvalue weighted by atomic mass is 10.1. The number of hydrogen-bond donors (Lipinski definition) is 1. The van der Waals surface area contributed by atoms with Crippen LogP contribution in [0.5, 0.6) is 0 Å². The normalized spacial score (nSPS) is 17.1. The molecular weight excluding hydrogens is 355 g/mol. The number of rotatable bonds is 6. The highest BCUT2D eigenvalue weighted by atomic mass is 19.4. The molecule has 2 heterocycles. The van der Waals surface area contributed by atoms with Gasteiger partial charge in [0.1, 0.15) is 5.82 Å². The zero-order valence-corrected chi connectivity index (χ0v) is 14.9. The Morgan fingerprint density at radius 3 is 2.63 bits per heavy atom. The van der Waals surface area contributed by atoms with Crippen LogP contribution in [0.1, 0.15) is 30.4 Å². The van der Waals surface area contributed by atoms with Crippen molar-refractivity contribution in [1.29, 1.82) is 0 Å². The van der Waals surface area contributed by atoms with Crippen molar-refractivity contribution >= 4 is 11.7 Å². The monoisotopic (exact) mass is 377 g/mol. The molecule has 1 atom stereocenters. The van der Waals surface area contributed by atoms with Crippen molar-refractivity contribution in [2.75, 3.05) is 18.0 Å². The fourth-order valence-corrected chi connectivity index (χ4v) is 3.31. The van der Waals surface area contributed by atoms with Crippen LogP contribution in [0.3, 0.4) is 0 Å². The maximum absolute atomic E-state index is 12.6. The lowest BCUT2D eigenvalue weighted by molar-refractivity contribution is -0.137. The number of nitrogens with zero attached hydrogens (tertiary/aromatic N) is 2. The van der Waals surface area contributed by atoms with E-state index in [1.54, 1.807) is 6.20 Å². The van der Waals surface area contributed by atoms with E-state index in [1.807, 2.05) is 18.2 Å². The number of carbonyl (C=O) groups is 1. The largest absolute Gasteiger partial charge is 0.416 e. The van der Waals surface area contributed by atoms with Gasteiger partial charge in [-0.05, 0) is 49.1 Å². The molecule has 0 bridgehead atoms. The summed E-state index contributed by atoms with van der Waals surface area (Å²) < 4.78 is 37.7. The van der Waals surface area contributed by atoms with Gasteiger partial charge in [-0.3, -0.25) is 4.79 Å². The van der Waals surface area contributed by atoms with E-state index in [0.717, 1.165) is 37.3 Å². The van der Waals surface area contributed by atoms with Gasteiger partial charge in [0, 0.05) is 31.7 Å². The third-order valence-corrected chi connectivity index (χ3v) is 4.78. The molecule has 0 aliphatic carbocycles. The zero-order valence-electron chi connectivity index (χ0n) is 14.9. The van der Waals surface area contributed by atoms with Crippen LogP contribution in [0.4, 0.5) is 19.0 Å². The number of benzene rings is 1. The number of pyridine rings is 1. The van der Waals surface area contributed by atoms with Crippen LogP contribution in [0.25, 0.3) is 0 Å². The van der Waals surface area contributed by atoms with Crippen LogP contribution in [0.15, 0.2) is 48.7 Å². The Hall–Kier alpha value is -2.57. The van der Waals surface area contributed by atoms with Crippen molar-refractivity contribution in [3.63, 3.8) is 0 Å². The van der Waals surface area contributed by atoms with Crippen molar-refractivity contribution in [1.82, 2.24) is 10.3 Å². The van der Waals surface area contributed by atoms with Gasteiger partial charge in [-0.15, -0.1) is 0 Å². The van der Waals surface area contributed by atoms with Crippen LogP contribution in [-0.2, 0) is 17.4 Å². The fourth-order valence-electron chi connectivity index (χ4n) is 3.31. The summed E-state index contributed by atoms with van der Waals surface area (Å²) >= 11 is 0. The number of amides is 1. The number of hydrogen-bond acceptors (Lipinski definition) is 3. The van der Waals surface area contributed by atoms with Gasteiger partial charge in [0.2, 0.25) is 5.91 Å². The smallest absolute Gasteiger partial charge is 0.354 e. The molecule has 0 saturated carbocycles. The van der Waals surface area contributed by atoms with Crippen LogP contribution in [0, 0.1) is 0 Å². The van der Waals surface area contributed by atoms with Crippen LogP contribution >= 0.6 is 0 Å². The summed E-state index contributed by atoms with van der Waals surface area (Å²) in [5, 5.41) is 2.94. The summed E-state index contributed by atoms with van der Waals surface area (Å²) in [6.07, 6.45) is 0.142. The summed E-state index contributed by atoms with van der Waals surface area (Å²) in [4.78, 5) is 18.7. The van der Waals surface area contributed by atoms with Gasteiger partial charge in [-0.2, -0.15) is 13.2 Å². The molecule has 3 rings (SSSR count). The Morgan fingerprint density at radius 2 is 1.96 bits per heavy atom. The topological polar surface area (TPSA) is 45.2 Å². The third-order valence-electron chi connectivity index (χ3n) is 4.78. The number of aryl methyl sites for hydroxylation is 1. The van der Waals surface area contributed by atoms with Gasteiger partial charge in [0.15, 0.2) is 0 Å². The van der Waals surface area contributed by atoms with Gasteiger partial charge in [-0.1, -0.05) is 18.2 Å². The first-order valence-electron chi connectivity index (χ1n) is 9.04. The lowest BCUT2D eigenvalue weighted by Crippen LogP contribution is -2.40. The molecule has 1 aromatic heterocycles. The molecular formula is C20H22F3N3O. The second kappa shape index (κ2) is 8.41. The van der Waals surface area contributed by atoms with Crippen molar-refractivity contribution in [3.8, 4) is 0 Å². The van der Waals surface area contributed by atoms with E-state index in [0.29, 0.717) is 18.5 Å². The van der Waals surface area contributed by atoms with Gasteiger partial charge < -0.3 is 10.2 Å². The van der Waals surface area contributed by atoms with E-state index in [9.17, 15) is 18.0 Å². The van der Waals surface area contributed by atoms with Gasteiger partial charge in [0.05, 0.1) is 5.56 Å². The van der Waals surface area contributed by atoms with Crippen molar-refractivity contribution in [3.05, 3.63) is 59.8 Å². The van der Waals surface area contributed by atoms with Gasteiger partial charge in [-0.25, -0.2) is 4.98 Å². The van der Waals surface area contributed by atoms with E-state index in [-0.39, 0.29) is 18.4 Å². The second-order valence-corrected chi connectivity index (χ2v) is 6.68. The van der Waals surface area contributed by atoms with Crippen molar-refractivity contribution < 1.29 is 18.0 Å². The van der Waals surface area contributed by atoms with Crippen LogP contribution in [0.2, 0.25) is 0 Å². The SMILES string of the molecule is O=C(CCc1ccc(C(F)(F)F)cc1)NCC1CCCN1c1ccccn1. The Bertz CT molecular complexity index is 747. The molecule has 7 heteroatoms. The third kappa shape index (κ3) is 5.21. The van der Waals surface area contributed by atoms with Gasteiger partial charge in [0.25, 0.3) is 0 Å². The Kier molecular flexibility index (Phi) is 5.98. The summed E-state index contributed by atoms with van der Waals surface area (Å²) in [6, 6.07) is 11.0. The van der Waals surface area contributed by atoms with E-state index in [4.69, 9.17) is 0 Å². The molecule has 1 N–H and O–H groups in total. The highest BCUT2D eigenvalue weighted by molar-refractivity contribution is 5.76. The highest BCUT2D eigenvalue weighted by Gasteiger charge is 2.30. The fraction of sp³-hybridized carbons (Fsp3) is 0.400. The number of aromatic nitrogens is 1. The highest BCUT2D eigenvalue weighted by Crippen LogP contribution is 2.29. The lowest BCUT2D eigenvalue weighted by Gasteiger charge is -2.25. The maximum Gasteiger partial charge on any atom is 0.416 e. The minimum Gasteiger partial charge on any atom is -0.354 e. The molecule has 27 heavy (non-hydrogen) atoms. The zero-order chi connectivity index (χ0) is 19.3. The first-order chi connectivity index (χ1) is 12.9. The molecule has 1 aliphatic heterocycles. The average Bonchev–Trinajstić information content (AvgIpc) is 3.13. The average molecular weight is 377 g/mol. The molecule has 2 aromatic rings. The molecule has 1 fully saturated rings. The Balaban J connectivity index is 1.46. The number of anilines is 1. The summed E-state index contributed by atoms with van der Waals surface area (Å²) in [6.45, 7) is 1.46. The van der Waals surface area contributed by atoms with E-state index < -0.39 is 11.7 Å². The summed E-state index contributed by atoms with van der Waals surface area (Å²) in [7, 11) is 0. The molecule has 1 amide bonds. The van der Waals surface area contributed by atoms with Crippen LogP contribution < -0.4 is 10.2 Å². The predicted octanol–water partition coefficient (Wildman–Crippen LogP) is 3.82. The first-order valence-corrected chi connectivity index (χ1v) is 9.04. The van der Waals surface area contributed by atoms with E-state index >= 15 is 0 Å². The minimum absolute atomic E-state index is 0.0947. The molecule has 1 aromatic carbocycles. The second-order valence-electron chi connectivity index (χ2n) is 6.68. The predicted molar refractivity (Wildman–Crippen MR) is 97.4 cm³/mol. The number of nitrogens with one attached hydrogen (secondary N) is 1. The van der Waals surface area contributed by atoms with Crippen molar-refractivity contribution in [2.24, 2.45) is 0 Å². The quantitative estimate of drug-likeness (QED) is 0.833. The molecule has 1 saturated heterocycles. The molecule has 4 nitrogen and oxygen atoms in total. The Morgan fingerprint density at radius 1 is 1.19 bits per heavy atom. The molecule has 1 unspecified atom stereocenters. The first kappa shape index (κ1) is 19.2. The molecule has 0 spiro atoms. The molecule has 144 valence electrons.